The van der Waals surface area contributed by atoms with Gasteiger partial charge >= 0.3 is 0 Å². The van der Waals surface area contributed by atoms with Crippen LogP contribution in [-0.4, -0.2) is 0 Å². The smallest absolute Gasteiger partial charge is 0.0233 e. The minimum Gasteiger partial charge on any atom is -0.0917 e. The van der Waals surface area contributed by atoms with Crippen LogP contribution in [0.15, 0.2) is 24.3 Å². The van der Waals surface area contributed by atoms with Crippen LogP contribution in [0.4, 0.5) is 0 Å². The van der Waals surface area contributed by atoms with Gasteiger partial charge in [0.25, 0.3) is 0 Å². The lowest BCUT2D eigenvalue weighted by atomic mass is 9.68. The summed E-state index contributed by atoms with van der Waals surface area (Å²) in [6, 6.07) is 0. The fraction of sp³-hybridized carbons (Fsp3) is 0.862. The van der Waals surface area contributed by atoms with Gasteiger partial charge in [0.2, 0.25) is 0 Å². The van der Waals surface area contributed by atoms with E-state index < -0.39 is 0 Å². The molecule has 0 saturated heterocycles. The second-order valence-electron chi connectivity index (χ2n) is 10.9. The van der Waals surface area contributed by atoms with E-state index in [1.165, 1.54) is 83.5 Å². The van der Waals surface area contributed by atoms with E-state index in [1.54, 1.807) is 25.7 Å². The monoisotopic (exact) mass is 398 g/mol. The van der Waals surface area contributed by atoms with Gasteiger partial charge in [0.05, 0.1) is 0 Å². The van der Waals surface area contributed by atoms with Gasteiger partial charge in [-0.3, -0.25) is 0 Å². The number of rotatable bonds is 9. The molecule has 0 aromatic heterocycles. The van der Waals surface area contributed by atoms with E-state index in [9.17, 15) is 0 Å². The average molecular weight is 399 g/mol. The lowest BCUT2D eigenvalue weighted by Crippen LogP contribution is -2.25. The van der Waals surface area contributed by atoms with Crippen LogP contribution in [0.2, 0.25) is 0 Å². The molecule has 0 bridgehead atoms. The molecule has 0 heterocycles. The second-order valence-corrected chi connectivity index (χ2v) is 10.9. The van der Waals surface area contributed by atoms with E-state index in [-0.39, 0.29) is 0 Å². The summed E-state index contributed by atoms with van der Waals surface area (Å²) in [7, 11) is 0. The standard InChI is InChI=1S/C29H50/c1-3-5-6-9-25-12-14-26(15-13-25)10-7-8-11-27-18-22-29(23-19-27)28-20-16-24(4-2)17-21-28/h3,5,7,10,24-29H,4,6,8-9,11-23H2,1-2H3/t24-,25-,26-,27-,28-,29-. The molecular weight excluding hydrogens is 348 g/mol. The normalized spacial score (nSPS) is 36.8. The highest BCUT2D eigenvalue weighted by Gasteiger charge is 2.30. The molecular formula is C29H50. The van der Waals surface area contributed by atoms with Crippen molar-refractivity contribution < 1.29 is 0 Å². The predicted molar refractivity (Wildman–Crippen MR) is 129 cm³/mol. The van der Waals surface area contributed by atoms with Crippen molar-refractivity contribution in [3.8, 4) is 0 Å². The topological polar surface area (TPSA) is 0 Å². The van der Waals surface area contributed by atoms with Crippen molar-refractivity contribution in [3.05, 3.63) is 24.3 Å². The third-order valence-corrected chi connectivity index (χ3v) is 9.05. The van der Waals surface area contributed by atoms with Gasteiger partial charge in [-0.1, -0.05) is 63.3 Å². The van der Waals surface area contributed by atoms with Crippen LogP contribution < -0.4 is 0 Å². The SMILES string of the molecule is CC=CCC[C@H]1CC[C@H](C=CCC[C@H]2CC[C@H]([C@H]3CC[C@H](CC)CC3)CC2)CC1. The van der Waals surface area contributed by atoms with Gasteiger partial charge in [-0.15, -0.1) is 0 Å². The number of hydrogen-bond acceptors (Lipinski definition) is 0. The molecule has 0 radical (unpaired) electrons. The summed E-state index contributed by atoms with van der Waals surface area (Å²) >= 11 is 0. The number of allylic oxidation sites excluding steroid dienone is 4. The molecule has 3 aliphatic carbocycles. The summed E-state index contributed by atoms with van der Waals surface area (Å²) in [6.07, 6.45) is 34.8. The number of hydrogen-bond donors (Lipinski definition) is 0. The fourth-order valence-corrected chi connectivity index (χ4v) is 6.80. The highest BCUT2D eigenvalue weighted by atomic mass is 14.4. The molecule has 3 aliphatic rings. The second kappa shape index (κ2) is 13.0. The maximum absolute atomic E-state index is 2.60. The zero-order chi connectivity index (χ0) is 20.3. The Morgan fingerprint density at radius 2 is 1.07 bits per heavy atom. The molecule has 3 fully saturated rings. The van der Waals surface area contributed by atoms with Crippen LogP contribution in [0.3, 0.4) is 0 Å². The zero-order valence-corrected chi connectivity index (χ0v) is 19.8. The molecule has 0 spiro atoms. The third kappa shape index (κ3) is 7.91. The van der Waals surface area contributed by atoms with Crippen molar-refractivity contribution in [2.75, 3.05) is 0 Å². The molecule has 0 aliphatic heterocycles. The van der Waals surface area contributed by atoms with E-state index in [0.717, 1.165) is 35.5 Å². The van der Waals surface area contributed by atoms with Gasteiger partial charge < -0.3 is 0 Å². The maximum Gasteiger partial charge on any atom is -0.0233 e. The Balaban J connectivity index is 1.24. The highest BCUT2D eigenvalue weighted by Crippen LogP contribution is 2.42. The van der Waals surface area contributed by atoms with E-state index in [2.05, 4.69) is 38.2 Å². The molecule has 0 heteroatoms. The highest BCUT2D eigenvalue weighted by molar-refractivity contribution is 4.92. The van der Waals surface area contributed by atoms with E-state index in [1.807, 2.05) is 0 Å². The van der Waals surface area contributed by atoms with Crippen molar-refractivity contribution in [1.82, 2.24) is 0 Å². The Hall–Kier alpha value is -0.520. The van der Waals surface area contributed by atoms with E-state index in [0.29, 0.717) is 0 Å². The molecule has 0 aromatic carbocycles. The molecule has 0 unspecified atom stereocenters. The Bertz CT molecular complexity index is 462. The summed E-state index contributed by atoms with van der Waals surface area (Å²) in [5, 5.41) is 0. The first-order valence-electron chi connectivity index (χ1n) is 13.6. The first-order valence-corrected chi connectivity index (χ1v) is 13.6. The van der Waals surface area contributed by atoms with Gasteiger partial charge in [0.1, 0.15) is 0 Å². The maximum atomic E-state index is 2.60. The predicted octanol–water partition coefficient (Wildman–Crippen LogP) is 9.51. The van der Waals surface area contributed by atoms with Crippen LogP contribution in [0.25, 0.3) is 0 Å². The molecule has 0 amide bonds. The largest absolute Gasteiger partial charge is 0.0917 e. The third-order valence-electron chi connectivity index (χ3n) is 9.05. The molecule has 166 valence electrons. The van der Waals surface area contributed by atoms with Gasteiger partial charge in [0.15, 0.2) is 0 Å². The van der Waals surface area contributed by atoms with Crippen LogP contribution in [0, 0.1) is 35.5 Å². The summed E-state index contributed by atoms with van der Waals surface area (Å²) in [5.74, 6) is 6.16. The molecule has 3 saturated carbocycles. The molecule has 0 nitrogen and oxygen atoms in total. The molecule has 29 heavy (non-hydrogen) atoms. The van der Waals surface area contributed by atoms with Crippen molar-refractivity contribution in [2.45, 2.75) is 123 Å². The van der Waals surface area contributed by atoms with Crippen molar-refractivity contribution in [1.29, 1.82) is 0 Å². The zero-order valence-electron chi connectivity index (χ0n) is 19.8. The Morgan fingerprint density at radius 1 is 0.586 bits per heavy atom. The Kier molecular flexibility index (Phi) is 10.4. The quantitative estimate of drug-likeness (QED) is 0.339. The van der Waals surface area contributed by atoms with Crippen molar-refractivity contribution in [2.24, 2.45) is 35.5 Å². The summed E-state index contributed by atoms with van der Waals surface area (Å²) in [6.45, 7) is 4.54. The van der Waals surface area contributed by atoms with Crippen LogP contribution in [-0.2, 0) is 0 Å². The minimum atomic E-state index is 0.891. The molecule has 3 rings (SSSR count). The van der Waals surface area contributed by atoms with Crippen molar-refractivity contribution >= 4 is 0 Å². The van der Waals surface area contributed by atoms with Crippen LogP contribution >= 0.6 is 0 Å². The lowest BCUT2D eigenvalue weighted by Gasteiger charge is -2.37. The van der Waals surface area contributed by atoms with Gasteiger partial charge in [-0.2, -0.15) is 0 Å². The van der Waals surface area contributed by atoms with Gasteiger partial charge in [-0.05, 0) is 119 Å². The lowest BCUT2D eigenvalue weighted by molar-refractivity contribution is 0.143. The summed E-state index contributed by atoms with van der Waals surface area (Å²) < 4.78 is 0. The molecule has 0 N–H and O–H groups in total. The Morgan fingerprint density at radius 3 is 1.59 bits per heavy atom. The first-order chi connectivity index (χ1) is 14.3. The fourth-order valence-electron chi connectivity index (χ4n) is 6.80. The average Bonchev–Trinajstić information content (AvgIpc) is 2.78. The van der Waals surface area contributed by atoms with Crippen LogP contribution in [0.1, 0.15) is 123 Å². The summed E-state index contributed by atoms with van der Waals surface area (Å²) in [5.41, 5.74) is 0. The van der Waals surface area contributed by atoms with Crippen molar-refractivity contribution in [3.63, 3.8) is 0 Å². The molecule has 0 aromatic rings. The minimum absolute atomic E-state index is 0.891. The Labute approximate surface area is 183 Å². The summed E-state index contributed by atoms with van der Waals surface area (Å²) in [4.78, 5) is 0. The molecule has 0 atom stereocenters. The van der Waals surface area contributed by atoms with Gasteiger partial charge in [0, 0.05) is 0 Å². The van der Waals surface area contributed by atoms with Gasteiger partial charge in [-0.25, -0.2) is 0 Å². The van der Waals surface area contributed by atoms with E-state index in [4.69, 9.17) is 0 Å². The first kappa shape index (κ1) is 23.1. The van der Waals surface area contributed by atoms with Crippen LogP contribution in [0.5, 0.6) is 0 Å². The van der Waals surface area contributed by atoms with E-state index >= 15 is 0 Å².